The van der Waals surface area contributed by atoms with Crippen molar-refractivity contribution in [1.82, 2.24) is 12.3 Å². The van der Waals surface area contributed by atoms with Crippen LogP contribution >= 0.6 is 0 Å². The predicted molar refractivity (Wildman–Crippen MR) is 42.1 cm³/mol. The molecule has 0 aromatic heterocycles. The fourth-order valence-corrected chi connectivity index (χ4v) is 0. The third-order valence-corrected chi connectivity index (χ3v) is 0. The molecule has 0 spiro atoms. The van der Waals surface area contributed by atoms with Crippen LogP contribution in [0.1, 0.15) is 0 Å². The molecule has 0 unspecified atom stereocenters. The first-order valence-corrected chi connectivity index (χ1v) is 3.94. The van der Waals surface area contributed by atoms with Crippen molar-refractivity contribution in [1.29, 1.82) is 0 Å². The monoisotopic (exact) mass is 350 g/mol. The summed E-state index contributed by atoms with van der Waals surface area (Å²) in [5, 5.41) is 0. The second-order valence-electron chi connectivity index (χ2n) is 0.408. The molecule has 0 aromatic carbocycles. The predicted octanol–water partition coefficient (Wildman–Crippen LogP) is -6.46. The van der Waals surface area contributed by atoms with Gasteiger partial charge in [-0.05, 0) is 0 Å². The fourth-order valence-electron chi connectivity index (χ4n) is 0. The zero-order valence-electron chi connectivity index (χ0n) is 6.04. The van der Waals surface area contributed by atoms with E-state index in [9.17, 15) is 0 Å². The van der Waals surface area contributed by atoms with E-state index >= 15 is 0 Å². The van der Waals surface area contributed by atoms with Crippen LogP contribution in [-0.2, 0) is 23.5 Å². The Morgan fingerprint density at radius 1 is 0.692 bits per heavy atom. The molecule has 0 heterocycles. The Labute approximate surface area is 164 Å². The molecule has 0 aliphatic carbocycles. The average molecular weight is 348 g/mol. The van der Waals surface area contributed by atoms with Crippen LogP contribution in [0.5, 0.6) is 0 Å². The molecule has 0 rings (SSSR count). The molecule has 0 aliphatic heterocycles. The number of quaternary nitrogens is 2. The van der Waals surface area contributed by atoms with Crippen LogP contribution in [0.4, 0.5) is 0 Å². The molecule has 0 fully saturated rings. The first kappa shape index (κ1) is 72.0. The van der Waals surface area contributed by atoms with Crippen molar-refractivity contribution in [3.05, 3.63) is 0 Å². The molecule has 0 atom stereocenters. The van der Waals surface area contributed by atoms with Crippen LogP contribution in [0.3, 0.4) is 0 Å². The number of hydrogen-bond donors (Lipinski definition) is 2. The summed E-state index contributed by atoms with van der Waals surface area (Å²) in [6, 6.07) is 0. The minimum atomic E-state index is -6.02. The second-order valence-corrected chi connectivity index (χ2v) is 2.42. The van der Waals surface area contributed by atoms with Crippen LogP contribution < -0.4 is 19.8 Å². The van der Waals surface area contributed by atoms with Crippen LogP contribution in [0.25, 0.3) is 0 Å². The summed E-state index contributed by atoms with van der Waals surface area (Å²) in [5.41, 5.74) is 0. The molecule has 16 N–H and O–H groups in total. The van der Waals surface area contributed by atoms with E-state index in [-0.39, 0.29) is 137 Å². The maximum absolute atomic E-state index is 8.63. The van der Waals surface area contributed by atoms with E-state index in [1.54, 1.807) is 0 Å². The third-order valence-electron chi connectivity index (χ3n) is 0. The summed E-state index contributed by atoms with van der Waals surface area (Å²) in [4.78, 5) is 0. The van der Waals surface area contributed by atoms with Crippen molar-refractivity contribution < 1.29 is 53.0 Å². The van der Waals surface area contributed by atoms with E-state index in [0.29, 0.717) is 0 Å². The standard InChI is InChI=1S/2K.Mo.2H3N.4H2O.4O.2H/h;;;2*1H3;4*1H2;;;;;;/q;;;;;;;;;;;2*-1;;/p+2. The van der Waals surface area contributed by atoms with Crippen molar-refractivity contribution >= 4 is 103 Å². The van der Waals surface area contributed by atoms with Gasteiger partial charge in [-0.25, -0.2) is 0 Å². The molecule has 0 aromatic rings. The van der Waals surface area contributed by atoms with E-state index in [2.05, 4.69) is 0 Å². The third kappa shape index (κ3) is 254. The van der Waals surface area contributed by atoms with Gasteiger partial charge in [0.1, 0.15) is 0 Å². The molecule has 13 heavy (non-hydrogen) atoms. The summed E-state index contributed by atoms with van der Waals surface area (Å²) in [6.45, 7) is 0. The van der Waals surface area contributed by atoms with Gasteiger partial charge in [0.05, 0.1) is 0 Å². The Hall–Kier alpha value is 3.24. The minimum absolute atomic E-state index is 0. The van der Waals surface area contributed by atoms with Crippen molar-refractivity contribution in [3.63, 3.8) is 0 Å². The van der Waals surface area contributed by atoms with E-state index in [1.165, 1.54) is 0 Å². The summed E-state index contributed by atoms with van der Waals surface area (Å²) < 4.78 is 34.5. The molecule has 0 aliphatic rings. The molecule has 0 saturated carbocycles. The Kier molecular flexibility index (Phi) is 200. The summed E-state index contributed by atoms with van der Waals surface area (Å²) >= 11 is -6.02. The van der Waals surface area contributed by atoms with Gasteiger partial charge in [-0.3, -0.25) is 0 Å². The van der Waals surface area contributed by atoms with Gasteiger partial charge in [0, 0.05) is 0 Å². The molecule has 0 amide bonds. The van der Waals surface area contributed by atoms with E-state index < -0.39 is 16.7 Å². The Morgan fingerprint density at radius 2 is 0.692 bits per heavy atom. The van der Waals surface area contributed by atoms with Gasteiger partial charge < -0.3 is 34.2 Å². The van der Waals surface area contributed by atoms with Gasteiger partial charge in [0.2, 0.25) is 0 Å². The molecule has 13 heteroatoms. The van der Waals surface area contributed by atoms with Crippen molar-refractivity contribution in [2.24, 2.45) is 0 Å². The van der Waals surface area contributed by atoms with Crippen molar-refractivity contribution in [2.45, 2.75) is 0 Å². The van der Waals surface area contributed by atoms with Gasteiger partial charge in [-0.15, -0.1) is 0 Å². The van der Waals surface area contributed by atoms with Crippen LogP contribution in [0.2, 0.25) is 0 Å². The van der Waals surface area contributed by atoms with Gasteiger partial charge in [0.15, 0.2) is 0 Å². The molecule has 84 valence electrons. The molecule has 10 nitrogen and oxygen atoms in total. The number of hydrogen-bond acceptors (Lipinski definition) is 4. The average Bonchev–Trinajstić information content (AvgIpc) is 0.722. The maximum atomic E-state index is 8.63. The summed E-state index contributed by atoms with van der Waals surface area (Å²) in [7, 11) is 0. The molecule has 0 bridgehead atoms. The van der Waals surface area contributed by atoms with Crippen molar-refractivity contribution in [3.8, 4) is 0 Å². The first-order chi connectivity index (χ1) is 2.00. The van der Waals surface area contributed by atoms with Gasteiger partial charge >= 0.3 is 134 Å². The Morgan fingerprint density at radius 3 is 0.692 bits per heavy atom. The normalized spacial score (nSPS) is 4.46. The first-order valence-electron chi connectivity index (χ1n) is 0.667. The zero-order valence-corrected chi connectivity index (χ0v) is 8.05. The second kappa shape index (κ2) is 36.2. The molecule has 0 radical (unpaired) electrons. The van der Waals surface area contributed by atoms with Crippen LogP contribution in [0, 0.1) is 0 Å². The quantitative estimate of drug-likeness (QED) is 0.403. The van der Waals surface area contributed by atoms with Crippen LogP contribution in [0.15, 0.2) is 0 Å². The zero-order chi connectivity index (χ0) is 4.50. The molecular formula is H18K2MoN2O8. The van der Waals surface area contributed by atoms with Gasteiger partial charge in [-0.2, -0.15) is 0 Å². The van der Waals surface area contributed by atoms with Crippen molar-refractivity contribution in [2.75, 3.05) is 0 Å². The topological polar surface area (TPSA) is 279 Å². The summed E-state index contributed by atoms with van der Waals surface area (Å²) in [6.07, 6.45) is 0. The van der Waals surface area contributed by atoms with E-state index in [4.69, 9.17) is 14.3 Å². The fraction of sp³-hybridized carbons (Fsp3) is 0. The van der Waals surface area contributed by atoms with E-state index in [0.717, 1.165) is 0 Å². The summed E-state index contributed by atoms with van der Waals surface area (Å²) in [5.74, 6) is 0. The Balaban J connectivity index is -0.00000000286. The van der Waals surface area contributed by atoms with Gasteiger partial charge in [-0.1, -0.05) is 0 Å². The Bertz CT molecular complexity index is 103. The molecular weight excluding hydrogens is 330 g/mol. The van der Waals surface area contributed by atoms with Gasteiger partial charge in [0.25, 0.3) is 0 Å². The van der Waals surface area contributed by atoms with Crippen LogP contribution in [-0.4, -0.2) is 125 Å². The molecule has 0 saturated heterocycles. The number of rotatable bonds is 0. The van der Waals surface area contributed by atoms with E-state index in [1.807, 2.05) is 0 Å². The SMILES string of the molecule is O.O.O.O.[KH].[KH].[NH4+].[NH4+].[O]=[Mo](=[O])([O-])[O-].